The molecule has 1 N–H and O–H groups in total. The first kappa shape index (κ1) is 13.7. The highest BCUT2D eigenvalue weighted by molar-refractivity contribution is 5.37. The number of imidazole rings is 1. The van der Waals surface area contributed by atoms with Crippen LogP contribution in [-0.2, 0) is 6.54 Å². The molecule has 3 nitrogen and oxygen atoms in total. The van der Waals surface area contributed by atoms with Crippen LogP contribution in [-0.4, -0.2) is 16.1 Å². The van der Waals surface area contributed by atoms with Crippen molar-refractivity contribution in [3.63, 3.8) is 0 Å². The number of hydrogen-bond donors (Lipinski definition) is 1. The number of benzene rings is 1. The van der Waals surface area contributed by atoms with Crippen molar-refractivity contribution >= 4 is 0 Å². The molecule has 102 valence electrons. The zero-order valence-corrected chi connectivity index (χ0v) is 11.7. The minimum Gasteiger partial charge on any atom is -0.312 e. The number of nitrogens with zero attached hydrogens (tertiary/aromatic N) is 2. The Bertz CT molecular complexity index is 546. The molecule has 1 heterocycles. The van der Waals surface area contributed by atoms with E-state index in [1.54, 1.807) is 29.1 Å². The van der Waals surface area contributed by atoms with Gasteiger partial charge in [-0.05, 0) is 37.1 Å². The van der Waals surface area contributed by atoms with Gasteiger partial charge in [-0.15, -0.1) is 0 Å². The fraction of sp³-hybridized carbons (Fsp3) is 0.400. The van der Waals surface area contributed by atoms with E-state index in [-0.39, 0.29) is 5.82 Å². The van der Waals surface area contributed by atoms with Crippen molar-refractivity contribution in [1.82, 2.24) is 14.9 Å². The molecule has 4 heteroatoms. The summed E-state index contributed by atoms with van der Waals surface area (Å²) in [7, 11) is 0. The maximum absolute atomic E-state index is 14.1. The van der Waals surface area contributed by atoms with Gasteiger partial charge in [0.05, 0.1) is 5.69 Å². The van der Waals surface area contributed by atoms with Crippen LogP contribution < -0.4 is 5.32 Å². The Morgan fingerprint density at radius 2 is 2.16 bits per heavy atom. The summed E-state index contributed by atoms with van der Waals surface area (Å²) in [5.74, 6) is 1.16. The predicted molar refractivity (Wildman–Crippen MR) is 74.8 cm³/mol. The summed E-state index contributed by atoms with van der Waals surface area (Å²) in [5, 5.41) is 3.31. The third-order valence-corrected chi connectivity index (χ3v) is 2.98. The fourth-order valence-corrected chi connectivity index (χ4v) is 1.99. The summed E-state index contributed by atoms with van der Waals surface area (Å²) >= 11 is 0. The first-order chi connectivity index (χ1) is 9.08. The summed E-state index contributed by atoms with van der Waals surface area (Å²) in [6.45, 7) is 7.79. The second-order valence-corrected chi connectivity index (χ2v) is 5.15. The van der Waals surface area contributed by atoms with Gasteiger partial charge in [0.1, 0.15) is 11.6 Å². The third-order valence-electron chi connectivity index (χ3n) is 2.98. The summed E-state index contributed by atoms with van der Waals surface area (Å²) in [6, 6.07) is 5.34. The predicted octanol–water partition coefficient (Wildman–Crippen LogP) is 3.07. The zero-order chi connectivity index (χ0) is 13.8. The van der Waals surface area contributed by atoms with Crippen LogP contribution >= 0.6 is 0 Å². The standard InChI is InChI=1S/C15H20FN3/c1-11(2)9-17-10-13-4-5-15(14(16)8-13)19-7-6-18-12(19)3/h4-8,11,17H,9-10H2,1-3H3. The summed E-state index contributed by atoms with van der Waals surface area (Å²) < 4.78 is 15.9. The highest BCUT2D eigenvalue weighted by Crippen LogP contribution is 2.16. The van der Waals surface area contributed by atoms with Gasteiger partial charge in [0.25, 0.3) is 0 Å². The van der Waals surface area contributed by atoms with Gasteiger partial charge in [-0.25, -0.2) is 9.37 Å². The highest BCUT2D eigenvalue weighted by atomic mass is 19.1. The van der Waals surface area contributed by atoms with E-state index in [1.807, 2.05) is 13.0 Å². The Morgan fingerprint density at radius 1 is 1.37 bits per heavy atom. The van der Waals surface area contributed by atoms with Gasteiger partial charge in [-0.1, -0.05) is 19.9 Å². The van der Waals surface area contributed by atoms with Crippen LogP contribution in [0, 0.1) is 18.7 Å². The van der Waals surface area contributed by atoms with Crippen LogP contribution in [0.1, 0.15) is 25.2 Å². The molecule has 0 saturated heterocycles. The Kier molecular flexibility index (Phi) is 4.32. The molecule has 0 spiro atoms. The lowest BCUT2D eigenvalue weighted by Crippen LogP contribution is -2.19. The lowest BCUT2D eigenvalue weighted by Gasteiger charge is -2.10. The minimum absolute atomic E-state index is 0.218. The van der Waals surface area contributed by atoms with Gasteiger partial charge in [0.2, 0.25) is 0 Å². The van der Waals surface area contributed by atoms with Crippen LogP contribution in [0.25, 0.3) is 5.69 Å². The average molecular weight is 261 g/mol. The Hall–Kier alpha value is -1.68. The molecule has 0 bridgehead atoms. The van der Waals surface area contributed by atoms with Crippen molar-refractivity contribution in [3.8, 4) is 5.69 Å². The van der Waals surface area contributed by atoms with E-state index in [2.05, 4.69) is 24.1 Å². The summed E-state index contributed by atoms with van der Waals surface area (Å²) in [5.41, 5.74) is 1.50. The maximum Gasteiger partial charge on any atom is 0.147 e. The first-order valence-electron chi connectivity index (χ1n) is 6.57. The molecule has 0 radical (unpaired) electrons. The molecule has 0 fully saturated rings. The topological polar surface area (TPSA) is 29.9 Å². The second kappa shape index (κ2) is 5.97. The molecule has 0 saturated carbocycles. The van der Waals surface area contributed by atoms with Crippen molar-refractivity contribution in [1.29, 1.82) is 0 Å². The van der Waals surface area contributed by atoms with Crippen molar-refractivity contribution in [2.45, 2.75) is 27.3 Å². The zero-order valence-electron chi connectivity index (χ0n) is 11.7. The van der Waals surface area contributed by atoms with Crippen LogP contribution in [0.3, 0.4) is 0 Å². The molecule has 1 aromatic carbocycles. The van der Waals surface area contributed by atoms with Gasteiger partial charge in [0, 0.05) is 18.9 Å². The van der Waals surface area contributed by atoms with E-state index >= 15 is 0 Å². The number of aromatic nitrogens is 2. The molecule has 2 aromatic rings. The number of halogens is 1. The van der Waals surface area contributed by atoms with E-state index < -0.39 is 0 Å². The molecule has 0 aliphatic heterocycles. The van der Waals surface area contributed by atoms with Gasteiger partial charge in [0.15, 0.2) is 0 Å². The molecule has 0 atom stereocenters. The maximum atomic E-state index is 14.1. The molecule has 0 aliphatic rings. The Labute approximate surface area is 113 Å². The van der Waals surface area contributed by atoms with E-state index in [4.69, 9.17) is 0 Å². The van der Waals surface area contributed by atoms with Crippen molar-refractivity contribution in [3.05, 3.63) is 47.8 Å². The third kappa shape index (κ3) is 3.41. The quantitative estimate of drug-likeness (QED) is 0.896. The summed E-state index contributed by atoms with van der Waals surface area (Å²) in [4.78, 5) is 4.11. The van der Waals surface area contributed by atoms with Crippen molar-refractivity contribution < 1.29 is 4.39 Å². The molecule has 19 heavy (non-hydrogen) atoms. The minimum atomic E-state index is -0.218. The van der Waals surface area contributed by atoms with E-state index in [0.29, 0.717) is 18.2 Å². The largest absolute Gasteiger partial charge is 0.312 e. The molecule has 0 aliphatic carbocycles. The van der Waals surface area contributed by atoms with Gasteiger partial charge < -0.3 is 9.88 Å². The van der Waals surface area contributed by atoms with E-state index in [1.165, 1.54) is 0 Å². The molecule has 2 rings (SSSR count). The second-order valence-electron chi connectivity index (χ2n) is 5.15. The molecule has 1 aromatic heterocycles. The van der Waals surface area contributed by atoms with E-state index in [0.717, 1.165) is 17.9 Å². The molecule has 0 unspecified atom stereocenters. The van der Waals surface area contributed by atoms with Crippen molar-refractivity contribution in [2.75, 3.05) is 6.54 Å². The normalized spacial score (nSPS) is 11.2. The molecular formula is C15H20FN3. The monoisotopic (exact) mass is 261 g/mol. The lowest BCUT2D eigenvalue weighted by molar-refractivity contribution is 0.549. The van der Waals surface area contributed by atoms with Crippen LogP contribution in [0.5, 0.6) is 0 Å². The van der Waals surface area contributed by atoms with Gasteiger partial charge in [-0.3, -0.25) is 0 Å². The van der Waals surface area contributed by atoms with Crippen LogP contribution in [0.2, 0.25) is 0 Å². The Balaban J connectivity index is 2.12. The molecule has 0 amide bonds. The SMILES string of the molecule is Cc1nccn1-c1ccc(CNCC(C)C)cc1F. The van der Waals surface area contributed by atoms with Crippen LogP contribution in [0.4, 0.5) is 4.39 Å². The average Bonchev–Trinajstić information content (AvgIpc) is 2.75. The number of hydrogen-bond acceptors (Lipinski definition) is 2. The fourth-order valence-electron chi connectivity index (χ4n) is 1.99. The number of rotatable bonds is 5. The van der Waals surface area contributed by atoms with E-state index in [9.17, 15) is 4.39 Å². The van der Waals surface area contributed by atoms with Gasteiger partial charge >= 0.3 is 0 Å². The summed E-state index contributed by atoms with van der Waals surface area (Å²) in [6.07, 6.45) is 3.44. The van der Waals surface area contributed by atoms with Crippen molar-refractivity contribution in [2.24, 2.45) is 5.92 Å². The lowest BCUT2D eigenvalue weighted by atomic mass is 10.1. The number of nitrogens with one attached hydrogen (secondary N) is 1. The number of aryl methyl sites for hydroxylation is 1. The Morgan fingerprint density at radius 3 is 2.74 bits per heavy atom. The van der Waals surface area contributed by atoms with Crippen LogP contribution in [0.15, 0.2) is 30.6 Å². The smallest absolute Gasteiger partial charge is 0.147 e. The first-order valence-corrected chi connectivity index (χ1v) is 6.57. The molecular weight excluding hydrogens is 241 g/mol. The highest BCUT2D eigenvalue weighted by Gasteiger charge is 2.07. The van der Waals surface area contributed by atoms with Gasteiger partial charge in [-0.2, -0.15) is 0 Å².